The number of hydrogen-bond donors (Lipinski definition) is 2. The number of allylic oxidation sites excluding steroid dienone is 3. The number of carbonyl (C=O) groups excluding carboxylic acids is 1. The van der Waals surface area contributed by atoms with Gasteiger partial charge in [0.25, 0.3) is 0 Å². The van der Waals surface area contributed by atoms with Gasteiger partial charge in [-0.3, -0.25) is 14.4 Å². The molecule has 1 fully saturated rings. The number of nitrogens with zero attached hydrogens (tertiary/aromatic N) is 3. The van der Waals surface area contributed by atoms with Gasteiger partial charge in [0.2, 0.25) is 5.91 Å². The fourth-order valence-corrected chi connectivity index (χ4v) is 3.54. The molecule has 7 nitrogen and oxygen atoms in total. The van der Waals surface area contributed by atoms with Crippen LogP contribution in [0.1, 0.15) is 24.2 Å². The summed E-state index contributed by atoms with van der Waals surface area (Å²) >= 11 is 0. The number of aliphatic carboxylic acids is 1. The van der Waals surface area contributed by atoms with E-state index >= 15 is 0 Å². The Bertz CT molecular complexity index is 823. The van der Waals surface area contributed by atoms with Crippen molar-refractivity contribution >= 4 is 11.9 Å². The topological polar surface area (TPSA) is 87.5 Å². The smallest absolute Gasteiger partial charge is 0.435 e. The zero-order chi connectivity index (χ0) is 20.5. The Morgan fingerprint density at radius 3 is 2.57 bits per heavy atom. The summed E-state index contributed by atoms with van der Waals surface area (Å²) in [7, 11) is 0. The van der Waals surface area contributed by atoms with E-state index in [-0.39, 0.29) is 11.6 Å². The maximum Gasteiger partial charge on any atom is 0.435 e. The van der Waals surface area contributed by atoms with Crippen LogP contribution in [0.3, 0.4) is 0 Å². The van der Waals surface area contributed by atoms with E-state index in [2.05, 4.69) is 10.4 Å². The number of aromatic nitrogens is 2. The number of amides is 1. The van der Waals surface area contributed by atoms with Crippen LogP contribution in [0.25, 0.3) is 0 Å². The van der Waals surface area contributed by atoms with Crippen LogP contribution in [-0.4, -0.2) is 50.8 Å². The van der Waals surface area contributed by atoms with Gasteiger partial charge in [0, 0.05) is 17.3 Å². The second kappa shape index (κ2) is 7.78. The van der Waals surface area contributed by atoms with Crippen molar-refractivity contribution < 1.29 is 27.9 Å². The minimum absolute atomic E-state index is 0.00135. The summed E-state index contributed by atoms with van der Waals surface area (Å²) in [4.78, 5) is 25.9. The number of halogens is 3. The van der Waals surface area contributed by atoms with Gasteiger partial charge >= 0.3 is 12.1 Å². The molecule has 0 aromatic carbocycles. The molecular weight excluding hydrogens is 377 g/mol. The molecule has 1 atom stereocenters. The van der Waals surface area contributed by atoms with Crippen LogP contribution in [0.5, 0.6) is 0 Å². The molecule has 2 aliphatic heterocycles. The van der Waals surface area contributed by atoms with Crippen LogP contribution in [0, 0.1) is 12.8 Å². The van der Waals surface area contributed by atoms with Crippen molar-refractivity contribution in [2.45, 2.75) is 38.5 Å². The largest absolute Gasteiger partial charge is 0.479 e. The molecule has 1 aromatic heterocycles. The lowest BCUT2D eigenvalue weighted by Gasteiger charge is -2.37. The Balaban J connectivity index is 1.87. The number of hydrogen-bond acceptors (Lipinski definition) is 4. The third-order valence-corrected chi connectivity index (χ3v) is 4.95. The second-order valence-electron chi connectivity index (χ2n) is 6.87. The van der Waals surface area contributed by atoms with E-state index < -0.39 is 36.3 Å². The molecule has 1 amide bonds. The first-order valence-electron chi connectivity index (χ1n) is 8.94. The summed E-state index contributed by atoms with van der Waals surface area (Å²) in [6, 6.07) is -0.331. The Kier molecular flexibility index (Phi) is 5.59. The van der Waals surface area contributed by atoms with Gasteiger partial charge < -0.3 is 10.4 Å². The third-order valence-electron chi connectivity index (χ3n) is 4.95. The maximum absolute atomic E-state index is 13.0. The Hall–Kier alpha value is -2.62. The monoisotopic (exact) mass is 398 g/mol. The summed E-state index contributed by atoms with van der Waals surface area (Å²) in [5, 5.41) is 16.2. The molecule has 0 spiro atoms. The summed E-state index contributed by atoms with van der Waals surface area (Å²) in [6.07, 6.45) is 1.59. The zero-order valence-corrected chi connectivity index (χ0v) is 15.2. The van der Waals surface area contributed by atoms with Gasteiger partial charge in [-0.25, -0.2) is 4.79 Å². The van der Waals surface area contributed by atoms with Gasteiger partial charge in [-0.2, -0.15) is 18.3 Å². The lowest BCUT2D eigenvalue weighted by Crippen LogP contribution is -2.48. The lowest BCUT2D eigenvalue weighted by molar-refractivity contribution is -0.147. The van der Waals surface area contributed by atoms with Gasteiger partial charge in [-0.05, 0) is 45.0 Å². The summed E-state index contributed by atoms with van der Waals surface area (Å²) in [6.45, 7) is 2.45. The molecule has 3 rings (SSSR count). The molecular formula is C18H21F3N4O3. The first-order chi connectivity index (χ1) is 13.2. The van der Waals surface area contributed by atoms with E-state index in [1.807, 2.05) is 0 Å². The normalized spacial score (nSPS) is 20.9. The van der Waals surface area contributed by atoms with E-state index in [1.54, 1.807) is 12.2 Å². The van der Waals surface area contributed by atoms with Crippen LogP contribution in [0.4, 0.5) is 13.2 Å². The summed E-state index contributed by atoms with van der Waals surface area (Å²) in [5.41, 5.74) is -0.324. The number of rotatable bonds is 4. The summed E-state index contributed by atoms with van der Waals surface area (Å²) < 4.78 is 39.6. The number of piperidine rings is 1. The van der Waals surface area contributed by atoms with Gasteiger partial charge in [0.1, 0.15) is 6.54 Å². The standard InChI is InChI=1S/C18H21F3N4O3/c1-11-9-15(18(19,20)21)23-24(11)10-16(26)25-13(12-5-7-22-8-6-12)3-2-4-14(25)17(27)28/h2-4,9,12,14,22H,5-8,10H2,1H3,(H,27,28). The highest BCUT2D eigenvalue weighted by Gasteiger charge is 2.37. The first-order valence-corrected chi connectivity index (χ1v) is 8.94. The lowest BCUT2D eigenvalue weighted by atomic mass is 9.90. The predicted molar refractivity (Wildman–Crippen MR) is 93.1 cm³/mol. The van der Waals surface area contributed by atoms with Crippen molar-refractivity contribution in [2.24, 2.45) is 5.92 Å². The number of carbonyl (C=O) groups is 2. The van der Waals surface area contributed by atoms with Gasteiger partial charge in [-0.15, -0.1) is 0 Å². The highest BCUT2D eigenvalue weighted by molar-refractivity contribution is 5.87. The molecule has 0 saturated carbocycles. The molecule has 10 heteroatoms. The summed E-state index contributed by atoms with van der Waals surface area (Å²) in [5.74, 6) is -1.81. The third kappa shape index (κ3) is 4.11. The Labute approximate surface area is 159 Å². The minimum Gasteiger partial charge on any atom is -0.479 e. The molecule has 1 unspecified atom stereocenters. The quantitative estimate of drug-likeness (QED) is 0.810. The average molecular weight is 398 g/mol. The fraction of sp³-hybridized carbons (Fsp3) is 0.500. The zero-order valence-electron chi connectivity index (χ0n) is 15.2. The van der Waals surface area contributed by atoms with Gasteiger partial charge in [-0.1, -0.05) is 12.2 Å². The molecule has 1 saturated heterocycles. The Morgan fingerprint density at radius 1 is 1.32 bits per heavy atom. The molecule has 1 aromatic rings. The molecule has 3 heterocycles. The molecule has 2 N–H and O–H groups in total. The fourth-order valence-electron chi connectivity index (χ4n) is 3.54. The van der Waals surface area contributed by atoms with Crippen LogP contribution in [-0.2, 0) is 22.3 Å². The molecule has 28 heavy (non-hydrogen) atoms. The number of aryl methyl sites for hydroxylation is 1. The SMILES string of the molecule is Cc1cc(C(F)(F)F)nn1CC(=O)N1C(C2CCNCC2)=CC=CC1C(=O)O. The van der Waals surface area contributed by atoms with Crippen LogP contribution < -0.4 is 5.32 Å². The van der Waals surface area contributed by atoms with Crippen molar-refractivity contribution in [1.82, 2.24) is 20.0 Å². The molecule has 152 valence electrons. The molecule has 0 bridgehead atoms. The number of alkyl halides is 3. The van der Waals surface area contributed by atoms with Crippen LogP contribution in [0.2, 0.25) is 0 Å². The van der Waals surface area contributed by atoms with Crippen LogP contribution >= 0.6 is 0 Å². The van der Waals surface area contributed by atoms with Crippen molar-refractivity contribution in [3.05, 3.63) is 41.4 Å². The second-order valence-corrected chi connectivity index (χ2v) is 6.87. The molecule has 2 aliphatic rings. The van der Waals surface area contributed by atoms with Crippen molar-refractivity contribution in [2.75, 3.05) is 13.1 Å². The minimum atomic E-state index is -4.61. The molecule has 0 radical (unpaired) electrons. The first kappa shape index (κ1) is 20.1. The number of nitrogens with one attached hydrogen (secondary N) is 1. The highest BCUT2D eigenvalue weighted by atomic mass is 19.4. The van der Waals surface area contributed by atoms with Gasteiger partial charge in [0.05, 0.1) is 0 Å². The van der Waals surface area contributed by atoms with Crippen molar-refractivity contribution in [3.63, 3.8) is 0 Å². The number of carboxylic acids is 1. The van der Waals surface area contributed by atoms with E-state index in [0.717, 1.165) is 36.7 Å². The Morgan fingerprint density at radius 2 is 2.00 bits per heavy atom. The predicted octanol–water partition coefficient (Wildman–Crippen LogP) is 1.95. The molecule has 0 aliphatic carbocycles. The van der Waals surface area contributed by atoms with Crippen LogP contribution in [0.15, 0.2) is 30.0 Å². The van der Waals surface area contributed by atoms with E-state index in [1.165, 1.54) is 17.9 Å². The van der Waals surface area contributed by atoms with Crippen molar-refractivity contribution in [3.8, 4) is 0 Å². The number of carboxylic acid groups (broad SMARTS) is 1. The van der Waals surface area contributed by atoms with E-state index in [9.17, 15) is 27.9 Å². The average Bonchev–Trinajstić information content (AvgIpc) is 3.02. The van der Waals surface area contributed by atoms with Gasteiger partial charge in [0.15, 0.2) is 11.7 Å². The van der Waals surface area contributed by atoms with E-state index in [4.69, 9.17) is 0 Å². The van der Waals surface area contributed by atoms with Crippen molar-refractivity contribution in [1.29, 1.82) is 0 Å². The maximum atomic E-state index is 13.0. The highest BCUT2D eigenvalue weighted by Crippen LogP contribution is 2.31. The van der Waals surface area contributed by atoms with E-state index in [0.29, 0.717) is 5.70 Å².